The minimum Gasteiger partial charge on any atom is -0.307 e. The van der Waals surface area contributed by atoms with E-state index < -0.39 is 5.82 Å². The smallest absolute Gasteiger partial charge is 0.142 e. The maximum atomic E-state index is 13.6. The second kappa shape index (κ2) is 5.23. The number of hydrogen-bond donors (Lipinski definition) is 1. The second-order valence-electron chi connectivity index (χ2n) is 5.88. The summed E-state index contributed by atoms with van der Waals surface area (Å²) in [5, 5.41) is 4.27. The van der Waals surface area contributed by atoms with E-state index in [-0.39, 0.29) is 11.1 Å². The van der Waals surface area contributed by atoms with Crippen LogP contribution in [0.4, 0.5) is 4.39 Å². The van der Waals surface area contributed by atoms with Crippen molar-refractivity contribution in [2.45, 2.75) is 44.7 Å². The maximum Gasteiger partial charge on any atom is 0.142 e. The van der Waals surface area contributed by atoms with Crippen molar-refractivity contribution < 1.29 is 4.39 Å². The highest BCUT2D eigenvalue weighted by atomic mass is 35.5. The number of hydrogen-bond acceptors (Lipinski definition) is 1. The first-order valence-electron chi connectivity index (χ1n) is 6.96. The molecule has 19 heavy (non-hydrogen) atoms. The minimum absolute atomic E-state index is 0.0606. The molecule has 4 heteroatoms. The van der Waals surface area contributed by atoms with E-state index in [9.17, 15) is 4.39 Å². The van der Waals surface area contributed by atoms with Gasteiger partial charge in [-0.1, -0.05) is 23.2 Å². The van der Waals surface area contributed by atoms with E-state index >= 15 is 0 Å². The lowest BCUT2D eigenvalue weighted by Gasteiger charge is -2.24. The molecule has 1 atom stereocenters. The molecule has 1 N–H and O–H groups in total. The van der Waals surface area contributed by atoms with Crippen LogP contribution in [0, 0.1) is 17.7 Å². The molecule has 2 aliphatic carbocycles. The Morgan fingerprint density at radius 1 is 1.11 bits per heavy atom. The van der Waals surface area contributed by atoms with Crippen molar-refractivity contribution in [3.63, 3.8) is 0 Å². The van der Waals surface area contributed by atoms with Gasteiger partial charge in [-0.15, -0.1) is 0 Å². The van der Waals surface area contributed by atoms with E-state index in [0.29, 0.717) is 11.1 Å². The monoisotopic (exact) mass is 301 g/mol. The molecule has 0 radical (unpaired) electrons. The van der Waals surface area contributed by atoms with Crippen molar-refractivity contribution in [1.82, 2.24) is 5.32 Å². The molecule has 0 amide bonds. The van der Waals surface area contributed by atoms with Crippen LogP contribution in [0.1, 0.15) is 44.2 Å². The Morgan fingerprint density at radius 3 is 2.21 bits per heavy atom. The average Bonchev–Trinajstić information content (AvgIpc) is 3.24. The highest BCUT2D eigenvalue weighted by molar-refractivity contribution is 6.35. The summed E-state index contributed by atoms with van der Waals surface area (Å²) < 4.78 is 13.6. The number of nitrogens with one attached hydrogen (secondary N) is 1. The summed E-state index contributed by atoms with van der Waals surface area (Å²) in [5.41, 5.74) is 0.801. The summed E-state index contributed by atoms with van der Waals surface area (Å²) in [6, 6.07) is 3.59. The van der Waals surface area contributed by atoms with Gasteiger partial charge >= 0.3 is 0 Å². The summed E-state index contributed by atoms with van der Waals surface area (Å²) in [5.74, 6) is 1.22. The van der Waals surface area contributed by atoms with Gasteiger partial charge in [0.05, 0.1) is 5.02 Å². The lowest BCUT2D eigenvalue weighted by molar-refractivity contribution is 0.377. The van der Waals surface area contributed by atoms with Crippen LogP contribution < -0.4 is 5.32 Å². The van der Waals surface area contributed by atoms with E-state index in [1.165, 1.54) is 37.8 Å². The van der Waals surface area contributed by atoms with Crippen LogP contribution in [0.15, 0.2) is 12.1 Å². The van der Waals surface area contributed by atoms with Crippen LogP contribution in [0.3, 0.4) is 0 Å². The van der Waals surface area contributed by atoms with Gasteiger partial charge in [-0.2, -0.15) is 0 Å². The van der Waals surface area contributed by atoms with Crippen molar-refractivity contribution in [3.05, 3.63) is 33.6 Å². The quantitative estimate of drug-likeness (QED) is 0.757. The van der Waals surface area contributed by atoms with E-state index in [4.69, 9.17) is 23.2 Å². The SMILES string of the molecule is CC(NC(C1CC1)C1CC1)c1cc(F)c(Cl)cc1Cl. The zero-order valence-electron chi connectivity index (χ0n) is 10.9. The zero-order valence-corrected chi connectivity index (χ0v) is 12.4. The summed E-state index contributed by atoms with van der Waals surface area (Å²) in [4.78, 5) is 0. The predicted molar refractivity (Wildman–Crippen MR) is 77.2 cm³/mol. The fourth-order valence-electron chi connectivity index (χ4n) is 2.82. The predicted octanol–water partition coefficient (Wildman–Crippen LogP) is 4.97. The largest absolute Gasteiger partial charge is 0.307 e. The normalized spacial score (nSPS) is 20.9. The Balaban J connectivity index is 1.75. The first kappa shape index (κ1) is 13.7. The first-order valence-corrected chi connectivity index (χ1v) is 7.72. The number of rotatable bonds is 5. The van der Waals surface area contributed by atoms with Gasteiger partial charge in [0.2, 0.25) is 0 Å². The Labute approximate surface area is 123 Å². The van der Waals surface area contributed by atoms with Crippen LogP contribution in [0.5, 0.6) is 0 Å². The minimum atomic E-state index is -0.399. The molecule has 0 spiro atoms. The zero-order chi connectivity index (χ0) is 13.6. The highest BCUT2D eigenvalue weighted by Gasteiger charge is 2.41. The molecule has 0 aromatic heterocycles. The van der Waals surface area contributed by atoms with E-state index in [1.807, 2.05) is 6.92 Å². The van der Waals surface area contributed by atoms with E-state index in [0.717, 1.165) is 17.4 Å². The molecule has 0 heterocycles. The van der Waals surface area contributed by atoms with Crippen LogP contribution >= 0.6 is 23.2 Å². The van der Waals surface area contributed by atoms with E-state index in [1.54, 1.807) is 0 Å². The summed E-state index contributed by atoms with van der Waals surface area (Å²) in [7, 11) is 0. The van der Waals surface area contributed by atoms with E-state index in [2.05, 4.69) is 5.32 Å². The molecule has 2 fully saturated rings. The van der Waals surface area contributed by atoms with Gasteiger partial charge in [-0.05, 0) is 62.1 Å². The van der Waals surface area contributed by atoms with Gasteiger partial charge in [0.15, 0.2) is 0 Å². The van der Waals surface area contributed by atoms with Gasteiger partial charge in [-0.25, -0.2) is 4.39 Å². The molecule has 0 aliphatic heterocycles. The highest BCUT2D eigenvalue weighted by Crippen LogP contribution is 2.45. The number of benzene rings is 1. The van der Waals surface area contributed by atoms with Crippen LogP contribution in [0.2, 0.25) is 10.0 Å². The molecule has 104 valence electrons. The molecular formula is C15H18Cl2FN. The number of halogens is 3. The molecule has 1 aromatic carbocycles. The molecule has 1 unspecified atom stereocenters. The third-order valence-electron chi connectivity index (χ3n) is 4.21. The molecule has 2 aliphatic rings. The third-order valence-corrected chi connectivity index (χ3v) is 4.83. The molecule has 1 nitrogen and oxygen atoms in total. The van der Waals surface area contributed by atoms with Gasteiger partial charge in [0, 0.05) is 17.1 Å². The van der Waals surface area contributed by atoms with Crippen molar-refractivity contribution in [2.75, 3.05) is 0 Å². The first-order chi connectivity index (χ1) is 9.06. The Morgan fingerprint density at radius 2 is 1.68 bits per heavy atom. The topological polar surface area (TPSA) is 12.0 Å². The Hall–Kier alpha value is -0.310. The molecule has 0 saturated heterocycles. The molecule has 2 saturated carbocycles. The van der Waals surface area contributed by atoms with Gasteiger partial charge in [0.1, 0.15) is 5.82 Å². The fourth-order valence-corrected chi connectivity index (χ4v) is 3.36. The molecular weight excluding hydrogens is 284 g/mol. The van der Waals surface area contributed by atoms with Crippen LogP contribution in [-0.2, 0) is 0 Å². The van der Waals surface area contributed by atoms with Crippen LogP contribution in [0.25, 0.3) is 0 Å². The fraction of sp³-hybridized carbons (Fsp3) is 0.600. The van der Waals surface area contributed by atoms with Gasteiger partial charge in [0.25, 0.3) is 0 Å². The lowest BCUT2D eigenvalue weighted by Crippen LogP contribution is -2.35. The molecule has 1 aromatic rings. The Bertz CT molecular complexity index is 471. The van der Waals surface area contributed by atoms with Crippen molar-refractivity contribution in [3.8, 4) is 0 Å². The average molecular weight is 302 g/mol. The van der Waals surface area contributed by atoms with Crippen molar-refractivity contribution in [2.24, 2.45) is 11.8 Å². The standard InChI is InChI=1S/C15H18Cl2FN/c1-8(11-6-14(18)13(17)7-12(11)16)19-15(9-2-3-9)10-4-5-10/h6-10,15,19H,2-5H2,1H3. The second-order valence-corrected chi connectivity index (χ2v) is 6.69. The maximum absolute atomic E-state index is 13.6. The van der Waals surface area contributed by atoms with Crippen LogP contribution in [-0.4, -0.2) is 6.04 Å². The Kier molecular flexibility index (Phi) is 3.76. The summed E-state index contributed by atoms with van der Waals surface area (Å²) in [6.45, 7) is 2.05. The lowest BCUT2D eigenvalue weighted by atomic mass is 10.0. The van der Waals surface area contributed by atoms with Gasteiger partial charge < -0.3 is 5.32 Å². The summed E-state index contributed by atoms with van der Waals surface area (Å²) in [6.07, 6.45) is 5.29. The summed E-state index contributed by atoms with van der Waals surface area (Å²) >= 11 is 11.9. The molecule has 0 bridgehead atoms. The van der Waals surface area contributed by atoms with Crippen molar-refractivity contribution >= 4 is 23.2 Å². The third kappa shape index (κ3) is 3.07. The van der Waals surface area contributed by atoms with Gasteiger partial charge in [-0.3, -0.25) is 0 Å². The molecule has 3 rings (SSSR count). The van der Waals surface area contributed by atoms with Crippen molar-refractivity contribution in [1.29, 1.82) is 0 Å².